The Morgan fingerprint density at radius 2 is 1.33 bits per heavy atom. The van der Waals surface area contributed by atoms with Crippen molar-refractivity contribution in [3.05, 3.63) is 54.1 Å². The van der Waals surface area contributed by atoms with Gasteiger partial charge in [0, 0.05) is 19.1 Å². The second-order valence-electron chi connectivity index (χ2n) is 9.95. The molecule has 49 heavy (non-hydrogen) atoms. The molecule has 0 aliphatic heterocycles. The van der Waals surface area contributed by atoms with Crippen molar-refractivity contribution in [2.45, 2.75) is 55.2 Å². The molecule has 1 amide bonds. The lowest BCUT2D eigenvalue weighted by Gasteiger charge is -2.40. The van der Waals surface area contributed by atoms with Gasteiger partial charge in [0.2, 0.25) is 0 Å². The first kappa shape index (κ1) is 41.0. The van der Waals surface area contributed by atoms with Crippen molar-refractivity contribution in [3.8, 4) is 17.2 Å². The Morgan fingerprint density at radius 3 is 1.84 bits per heavy atom. The van der Waals surface area contributed by atoms with Crippen LogP contribution in [0.25, 0.3) is 0 Å². The number of carbonyl (C=O) groups is 2. The van der Waals surface area contributed by atoms with Gasteiger partial charge in [-0.1, -0.05) is 18.2 Å². The Morgan fingerprint density at radius 1 is 0.776 bits per heavy atom. The molecule has 0 spiro atoms. The third kappa shape index (κ3) is 8.90. The predicted octanol–water partition coefficient (Wildman–Crippen LogP) is 7.35. The molecule has 0 bridgehead atoms. The van der Waals surface area contributed by atoms with Crippen LogP contribution >= 0.6 is 0 Å². The number of carbonyl (C=O) groups excluding carboxylic acids is 1. The number of aliphatic carboxylic acids is 1. The maximum atomic E-state index is 14.7. The Kier molecular flexibility index (Phi) is 12.7. The highest BCUT2D eigenvalue weighted by molar-refractivity contribution is 5.72. The first-order chi connectivity index (χ1) is 22.4. The van der Waals surface area contributed by atoms with Gasteiger partial charge in [-0.15, -0.1) is 0 Å². The quantitative estimate of drug-likeness (QED) is 0.170. The number of rotatable bonds is 17. The summed E-state index contributed by atoms with van der Waals surface area (Å²) in [4.78, 5) is 23.5. The van der Waals surface area contributed by atoms with Crippen LogP contribution in [-0.4, -0.2) is 97.4 Å². The summed E-state index contributed by atoms with van der Waals surface area (Å²) in [6.07, 6.45) is -11.0. The van der Waals surface area contributed by atoms with Crippen LogP contribution in [0.1, 0.15) is 12.5 Å². The molecule has 2 aromatic rings. The summed E-state index contributed by atoms with van der Waals surface area (Å²) in [5.74, 6) is -40.2. The summed E-state index contributed by atoms with van der Waals surface area (Å²) in [6, 6.07) is 9.47. The van der Waals surface area contributed by atoms with Gasteiger partial charge in [-0.25, -0.2) is 9.59 Å². The Bertz CT molecular complexity index is 1420. The molecule has 0 fully saturated rings. The van der Waals surface area contributed by atoms with Crippen LogP contribution in [0.3, 0.4) is 0 Å². The molecule has 1 N–H and O–H groups in total. The molecule has 8 nitrogen and oxygen atoms in total. The van der Waals surface area contributed by atoms with Gasteiger partial charge in [-0.3, -0.25) is 4.90 Å². The summed E-state index contributed by atoms with van der Waals surface area (Å²) in [5, 5.41) is 9.18. The zero-order valence-electron chi connectivity index (χ0n) is 25.0. The van der Waals surface area contributed by atoms with Gasteiger partial charge in [0.15, 0.2) is 6.10 Å². The van der Waals surface area contributed by atoms with Gasteiger partial charge < -0.3 is 24.1 Å². The van der Waals surface area contributed by atoms with E-state index in [0.29, 0.717) is 5.56 Å². The Balaban J connectivity index is 2.36. The molecule has 2 aromatic carbocycles. The average molecular weight is 735 g/mol. The molecule has 0 radical (unpaired) electrons. The van der Waals surface area contributed by atoms with Gasteiger partial charge in [-0.2, -0.15) is 57.1 Å². The van der Waals surface area contributed by atoms with E-state index in [0.717, 1.165) is 19.2 Å². The predicted molar refractivity (Wildman–Crippen MR) is 140 cm³/mol. The van der Waals surface area contributed by atoms with Crippen LogP contribution in [0.15, 0.2) is 48.5 Å². The molecule has 0 saturated carbocycles. The van der Waals surface area contributed by atoms with E-state index in [-0.39, 0.29) is 24.5 Å². The second-order valence-corrected chi connectivity index (χ2v) is 9.95. The molecule has 0 heterocycles. The Hall–Kier alpha value is -4.17. The number of alkyl halides is 13. The van der Waals surface area contributed by atoms with Crippen molar-refractivity contribution in [1.29, 1.82) is 0 Å². The molecular weight excluding hydrogens is 709 g/mol. The number of carboxylic acid groups (broad SMARTS) is 1. The molecular formula is C28H26F13NO7. The average Bonchev–Trinajstić information content (AvgIpc) is 3.00. The monoisotopic (exact) mass is 735 g/mol. The highest BCUT2D eigenvalue weighted by atomic mass is 19.4. The fraction of sp³-hybridized carbons (Fsp3) is 0.500. The number of halogens is 13. The highest BCUT2D eigenvalue weighted by Crippen LogP contribution is 2.60. The lowest BCUT2D eigenvalue weighted by Crippen LogP contribution is -2.71. The minimum Gasteiger partial charge on any atom is -0.497 e. The van der Waals surface area contributed by atoms with Crippen LogP contribution in [-0.2, 0) is 16.0 Å². The number of hydrogen-bond donors (Lipinski definition) is 1. The summed E-state index contributed by atoms with van der Waals surface area (Å²) in [5.41, 5.74) is 0.396. The molecule has 1 atom stereocenters. The Labute approximate surface area is 268 Å². The zero-order valence-corrected chi connectivity index (χ0v) is 25.0. The maximum absolute atomic E-state index is 14.7. The lowest BCUT2D eigenvalue weighted by molar-refractivity contribution is -0.440. The van der Waals surface area contributed by atoms with Crippen LogP contribution < -0.4 is 14.2 Å². The summed E-state index contributed by atoms with van der Waals surface area (Å²) >= 11 is 0. The SMILES string of the molecule is CCOC(Cc1ccc(OCCN(CC(F)(F)C(F)(F)C(F)(F)C(F)(F)C(F)(F)C(F)(F)F)C(=O)Oc2cccc(OC)c2)cc1)C(=O)O. The molecule has 1 unspecified atom stereocenters. The third-order valence-electron chi connectivity index (χ3n) is 6.51. The molecule has 0 saturated heterocycles. The van der Waals surface area contributed by atoms with Crippen LogP contribution in [0.5, 0.6) is 17.2 Å². The van der Waals surface area contributed by atoms with Gasteiger partial charge in [0.05, 0.1) is 20.2 Å². The first-order valence-corrected chi connectivity index (χ1v) is 13.5. The summed E-state index contributed by atoms with van der Waals surface area (Å²) < 4.78 is 197. The number of ether oxygens (including phenoxy) is 4. The normalized spacial score (nSPS) is 13.9. The van der Waals surface area contributed by atoms with E-state index >= 15 is 0 Å². The van der Waals surface area contributed by atoms with Crippen molar-refractivity contribution in [3.63, 3.8) is 0 Å². The topological polar surface area (TPSA) is 94.5 Å². The van der Waals surface area contributed by atoms with E-state index in [9.17, 15) is 71.8 Å². The van der Waals surface area contributed by atoms with Gasteiger partial charge in [-0.05, 0) is 36.8 Å². The van der Waals surface area contributed by atoms with E-state index in [1.54, 1.807) is 6.92 Å². The van der Waals surface area contributed by atoms with E-state index in [4.69, 9.17) is 18.9 Å². The first-order valence-electron chi connectivity index (χ1n) is 13.5. The lowest BCUT2D eigenvalue weighted by atomic mass is 9.93. The molecule has 21 heteroatoms. The second kappa shape index (κ2) is 15.2. The van der Waals surface area contributed by atoms with Gasteiger partial charge >= 0.3 is 47.9 Å². The number of amides is 1. The number of methoxy groups -OCH3 is 1. The van der Waals surface area contributed by atoms with Crippen molar-refractivity contribution in [2.75, 3.05) is 33.4 Å². The molecule has 0 aliphatic rings. The zero-order chi connectivity index (χ0) is 37.6. The molecule has 0 aromatic heterocycles. The van der Waals surface area contributed by atoms with Crippen LogP contribution in [0.2, 0.25) is 0 Å². The van der Waals surface area contributed by atoms with E-state index in [1.165, 1.54) is 36.4 Å². The van der Waals surface area contributed by atoms with Crippen molar-refractivity contribution < 1.29 is 90.7 Å². The van der Waals surface area contributed by atoms with E-state index in [2.05, 4.69) is 0 Å². The van der Waals surface area contributed by atoms with Gasteiger partial charge in [0.1, 0.15) is 23.9 Å². The summed E-state index contributed by atoms with van der Waals surface area (Å²) in [7, 11) is 1.14. The largest absolute Gasteiger partial charge is 0.497 e. The van der Waals surface area contributed by atoms with Crippen molar-refractivity contribution >= 4 is 12.1 Å². The fourth-order valence-corrected chi connectivity index (χ4v) is 3.83. The van der Waals surface area contributed by atoms with Gasteiger partial charge in [0.25, 0.3) is 0 Å². The van der Waals surface area contributed by atoms with E-state index in [1.807, 2.05) is 0 Å². The minimum atomic E-state index is -8.11. The maximum Gasteiger partial charge on any atom is 0.460 e. The smallest absolute Gasteiger partial charge is 0.460 e. The van der Waals surface area contributed by atoms with E-state index < -0.39 is 84.3 Å². The molecule has 0 aliphatic carbocycles. The van der Waals surface area contributed by atoms with Crippen LogP contribution in [0, 0.1) is 0 Å². The van der Waals surface area contributed by atoms with Crippen molar-refractivity contribution in [1.82, 2.24) is 4.90 Å². The summed E-state index contributed by atoms with van der Waals surface area (Å²) in [6.45, 7) is -3.58. The van der Waals surface area contributed by atoms with Crippen molar-refractivity contribution in [2.24, 2.45) is 0 Å². The van der Waals surface area contributed by atoms with Crippen LogP contribution in [0.4, 0.5) is 61.9 Å². The highest BCUT2D eigenvalue weighted by Gasteiger charge is 2.90. The number of benzene rings is 2. The molecule has 276 valence electrons. The number of hydrogen-bond acceptors (Lipinski definition) is 6. The fourth-order valence-electron chi connectivity index (χ4n) is 3.83. The number of nitrogens with zero attached hydrogens (tertiary/aromatic N) is 1. The molecule has 2 rings (SSSR count). The standard InChI is InChI=1S/C28H26F13NO7/c1-3-47-20(21(43)44)13-16-7-9-17(10-8-16)48-12-11-42(22(45)49-19-6-4-5-18(14-19)46-2)15-23(29,30)24(31,32)25(33,34)26(35,36)27(37,38)28(39,40)41/h4-10,14,20H,3,11-13,15H2,1-2H3,(H,43,44). The number of carboxylic acids is 1. The minimum absolute atomic E-state index is 0.0103. The third-order valence-corrected chi connectivity index (χ3v) is 6.51.